The van der Waals surface area contributed by atoms with Crippen LogP contribution in [0.1, 0.15) is 36.7 Å². The molecule has 28 heavy (non-hydrogen) atoms. The van der Waals surface area contributed by atoms with Gasteiger partial charge in [0.25, 0.3) is 0 Å². The van der Waals surface area contributed by atoms with Crippen LogP contribution in [0.2, 0.25) is 0 Å². The normalized spacial score (nSPS) is 12.0. The SMILES string of the molecule is NC(CCCCOB(O)O)c1nnnn1CC(=O)NCc1c(F)cccc1F. The molecule has 13 heteroatoms. The molecule has 152 valence electrons. The van der Waals surface area contributed by atoms with Gasteiger partial charge in [-0.3, -0.25) is 4.79 Å². The number of tetrazole rings is 1. The maximum atomic E-state index is 13.6. The summed E-state index contributed by atoms with van der Waals surface area (Å²) in [6.45, 7) is -0.409. The van der Waals surface area contributed by atoms with Crippen LogP contribution < -0.4 is 11.1 Å². The van der Waals surface area contributed by atoms with E-state index in [0.29, 0.717) is 19.3 Å². The largest absolute Gasteiger partial charge is 0.633 e. The number of amides is 1. The molecule has 1 atom stereocenters. The van der Waals surface area contributed by atoms with Crippen molar-refractivity contribution in [1.82, 2.24) is 25.5 Å². The number of aromatic nitrogens is 4. The van der Waals surface area contributed by atoms with E-state index in [1.165, 1.54) is 10.7 Å². The van der Waals surface area contributed by atoms with Gasteiger partial charge in [-0.1, -0.05) is 6.07 Å². The van der Waals surface area contributed by atoms with Gasteiger partial charge < -0.3 is 25.8 Å². The van der Waals surface area contributed by atoms with Crippen LogP contribution in [0.25, 0.3) is 0 Å². The van der Waals surface area contributed by atoms with E-state index in [1.54, 1.807) is 0 Å². The van der Waals surface area contributed by atoms with E-state index in [0.717, 1.165) is 12.1 Å². The van der Waals surface area contributed by atoms with Crippen molar-refractivity contribution < 1.29 is 28.3 Å². The van der Waals surface area contributed by atoms with Crippen molar-refractivity contribution in [2.24, 2.45) is 5.73 Å². The second-order valence-electron chi connectivity index (χ2n) is 5.97. The number of nitrogens with two attached hydrogens (primary N) is 1. The molecule has 2 rings (SSSR count). The van der Waals surface area contributed by atoms with Crippen molar-refractivity contribution >= 4 is 13.2 Å². The van der Waals surface area contributed by atoms with Crippen molar-refractivity contribution in [3.8, 4) is 0 Å². The van der Waals surface area contributed by atoms with Crippen molar-refractivity contribution in [2.45, 2.75) is 38.4 Å². The van der Waals surface area contributed by atoms with Gasteiger partial charge in [-0.2, -0.15) is 0 Å². The molecule has 0 bridgehead atoms. The van der Waals surface area contributed by atoms with Crippen molar-refractivity contribution in [1.29, 1.82) is 0 Å². The molecule has 0 saturated heterocycles. The van der Waals surface area contributed by atoms with Crippen molar-refractivity contribution in [3.05, 3.63) is 41.2 Å². The minimum atomic E-state index is -1.81. The van der Waals surface area contributed by atoms with Gasteiger partial charge in [0.05, 0.1) is 6.04 Å². The van der Waals surface area contributed by atoms with Crippen LogP contribution in [0.15, 0.2) is 18.2 Å². The van der Waals surface area contributed by atoms with Gasteiger partial charge in [0.15, 0.2) is 5.82 Å². The average molecular weight is 398 g/mol. The summed E-state index contributed by atoms with van der Waals surface area (Å²) in [7, 11) is -1.81. The second-order valence-corrected chi connectivity index (χ2v) is 5.97. The van der Waals surface area contributed by atoms with E-state index < -0.39 is 30.9 Å². The highest BCUT2D eigenvalue weighted by Crippen LogP contribution is 2.14. The van der Waals surface area contributed by atoms with E-state index >= 15 is 0 Å². The Balaban J connectivity index is 1.83. The maximum Gasteiger partial charge on any atom is 0.633 e. The van der Waals surface area contributed by atoms with E-state index in [2.05, 4.69) is 25.5 Å². The lowest BCUT2D eigenvalue weighted by Gasteiger charge is -2.12. The fourth-order valence-corrected chi connectivity index (χ4v) is 2.45. The van der Waals surface area contributed by atoms with Crippen molar-refractivity contribution in [2.75, 3.05) is 6.61 Å². The Labute approximate surface area is 159 Å². The fourth-order valence-electron chi connectivity index (χ4n) is 2.45. The highest BCUT2D eigenvalue weighted by atomic mass is 19.1. The molecule has 5 N–H and O–H groups in total. The predicted octanol–water partition coefficient (Wildman–Crippen LogP) is -0.576. The highest BCUT2D eigenvalue weighted by molar-refractivity contribution is 6.32. The predicted molar refractivity (Wildman–Crippen MR) is 92.9 cm³/mol. The molecule has 1 unspecified atom stereocenters. The number of carbonyl (C=O) groups excluding carboxylic acids is 1. The summed E-state index contributed by atoms with van der Waals surface area (Å²) in [5, 5.41) is 30.6. The molecule has 0 spiro atoms. The zero-order valence-corrected chi connectivity index (χ0v) is 15.0. The number of nitrogens with one attached hydrogen (secondary N) is 1. The summed E-state index contributed by atoms with van der Waals surface area (Å²) < 4.78 is 33.0. The number of nitrogens with zero attached hydrogens (tertiary/aromatic N) is 4. The van der Waals surface area contributed by atoms with Crippen LogP contribution in [-0.4, -0.2) is 50.1 Å². The Bertz CT molecular complexity index is 758. The van der Waals surface area contributed by atoms with Crippen LogP contribution >= 0.6 is 0 Å². The number of unbranched alkanes of at least 4 members (excludes halogenated alkanes) is 1. The number of halogens is 2. The van der Waals surface area contributed by atoms with Crippen LogP contribution in [0, 0.1) is 11.6 Å². The zero-order valence-electron chi connectivity index (χ0n) is 15.0. The first-order chi connectivity index (χ1) is 13.4. The van der Waals surface area contributed by atoms with E-state index in [-0.39, 0.29) is 31.1 Å². The quantitative estimate of drug-likeness (QED) is 0.290. The maximum absolute atomic E-state index is 13.6. The molecule has 0 saturated carbocycles. The first-order valence-electron chi connectivity index (χ1n) is 8.57. The Morgan fingerprint density at radius 3 is 2.71 bits per heavy atom. The summed E-state index contributed by atoms with van der Waals surface area (Å²) in [4.78, 5) is 12.1. The van der Waals surface area contributed by atoms with Gasteiger partial charge in [0, 0.05) is 18.7 Å². The third kappa shape index (κ3) is 6.60. The molecule has 0 aliphatic rings. The van der Waals surface area contributed by atoms with Gasteiger partial charge >= 0.3 is 7.32 Å². The fraction of sp³-hybridized carbons (Fsp3) is 0.467. The number of rotatable bonds is 11. The molecule has 0 aliphatic heterocycles. The lowest BCUT2D eigenvalue weighted by Crippen LogP contribution is -2.30. The van der Waals surface area contributed by atoms with Crippen LogP contribution in [0.3, 0.4) is 0 Å². The van der Waals surface area contributed by atoms with Crippen LogP contribution in [0.5, 0.6) is 0 Å². The summed E-state index contributed by atoms with van der Waals surface area (Å²) in [5.74, 6) is -1.74. The molecule has 1 amide bonds. The highest BCUT2D eigenvalue weighted by Gasteiger charge is 2.18. The first kappa shape index (κ1) is 21.8. The molecule has 0 fully saturated rings. The zero-order chi connectivity index (χ0) is 20.5. The van der Waals surface area contributed by atoms with Gasteiger partial charge in [-0.05, 0) is 41.8 Å². The monoisotopic (exact) mass is 398 g/mol. The Kier molecular flexibility index (Phi) is 8.38. The summed E-state index contributed by atoms with van der Waals surface area (Å²) >= 11 is 0. The molecule has 10 nitrogen and oxygen atoms in total. The van der Waals surface area contributed by atoms with Crippen molar-refractivity contribution in [3.63, 3.8) is 0 Å². The Morgan fingerprint density at radius 1 is 1.32 bits per heavy atom. The molecule has 2 aromatic rings. The number of carbonyl (C=O) groups is 1. The number of hydrogen-bond donors (Lipinski definition) is 4. The smallest absolute Gasteiger partial charge is 0.402 e. The van der Waals surface area contributed by atoms with Gasteiger partial charge in [-0.25, -0.2) is 13.5 Å². The summed E-state index contributed by atoms with van der Waals surface area (Å²) in [6.07, 6.45) is 1.63. The molecule has 1 aromatic heterocycles. The van der Waals surface area contributed by atoms with Crippen LogP contribution in [-0.2, 0) is 22.5 Å². The lowest BCUT2D eigenvalue weighted by atomic mass is 10.1. The minimum absolute atomic E-state index is 0.157. The Hall–Kier alpha value is -2.48. The topological polar surface area (TPSA) is 148 Å². The molecule has 0 radical (unpaired) electrons. The van der Waals surface area contributed by atoms with Gasteiger partial charge in [-0.15, -0.1) is 5.10 Å². The molecular weight excluding hydrogens is 377 g/mol. The van der Waals surface area contributed by atoms with E-state index in [9.17, 15) is 13.6 Å². The van der Waals surface area contributed by atoms with E-state index in [4.69, 9.17) is 15.8 Å². The lowest BCUT2D eigenvalue weighted by molar-refractivity contribution is -0.122. The molecule has 0 aliphatic carbocycles. The minimum Gasteiger partial charge on any atom is -0.402 e. The standard InChI is InChI=1S/C15H21BF2N6O4/c17-11-4-3-5-12(18)10(11)8-20-14(25)9-24-15(21-22-23-24)13(19)6-1-2-7-28-16(26)27/h3-5,13,26-27H,1-2,6-9,19H2,(H,20,25). The van der Waals surface area contributed by atoms with Crippen LogP contribution in [0.4, 0.5) is 8.78 Å². The molecular formula is C15H21BF2N6O4. The summed E-state index contributed by atoms with van der Waals surface area (Å²) in [5.41, 5.74) is 5.79. The second kappa shape index (κ2) is 10.8. The van der Waals surface area contributed by atoms with Gasteiger partial charge in [0.2, 0.25) is 5.91 Å². The number of benzene rings is 1. The molecule has 1 aromatic carbocycles. The van der Waals surface area contributed by atoms with E-state index in [1.807, 2.05) is 0 Å². The first-order valence-corrected chi connectivity index (χ1v) is 8.57. The average Bonchev–Trinajstić information content (AvgIpc) is 3.08. The van der Waals surface area contributed by atoms with Gasteiger partial charge in [0.1, 0.15) is 18.2 Å². The third-order valence-electron chi connectivity index (χ3n) is 3.89. The summed E-state index contributed by atoms with van der Waals surface area (Å²) in [6, 6.07) is 2.90. The third-order valence-corrected chi connectivity index (χ3v) is 3.89. The molecule has 1 heterocycles. The Morgan fingerprint density at radius 2 is 2.04 bits per heavy atom. The number of hydrogen-bond acceptors (Lipinski definition) is 8.